The van der Waals surface area contributed by atoms with Crippen molar-refractivity contribution in [2.24, 2.45) is 5.41 Å². The van der Waals surface area contributed by atoms with E-state index in [1.165, 1.54) is 6.07 Å². The third-order valence-electron chi connectivity index (χ3n) is 3.12. The van der Waals surface area contributed by atoms with Gasteiger partial charge in [0, 0.05) is 11.0 Å². The van der Waals surface area contributed by atoms with E-state index in [0.29, 0.717) is 11.0 Å². The van der Waals surface area contributed by atoms with Crippen LogP contribution in [0.15, 0.2) is 22.7 Å². The van der Waals surface area contributed by atoms with Gasteiger partial charge >= 0.3 is 0 Å². The molecular formula is C12H14BrFN2O. The molecule has 5 heteroatoms. The fourth-order valence-corrected chi connectivity index (χ4v) is 2.33. The van der Waals surface area contributed by atoms with E-state index in [1.807, 2.05) is 6.92 Å². The first-order chi connectivity index (χ1) is 8.03. The van der Waals surface area contributed by atoms with Gasteiger partial charge in [0.1, 0.15) is 5.82 Å². The minimum absolute atomic E-state index is 0.145. The Labute approximate surface area is 108 Å². The van der Waals surface area contributed by atoms with Gasteiger partial charge in [0.15, 0.2) is 0 Å². The number of para-hydroxylation sites is 1. The molecule has 1 heterocycles. The van der Waals surface area contributed by atoms with Crippen LogP contribution in [0.3, 0.4) is 0 Å². The average Bonchev–Trinajstić information content (AvgIpc) is 2.72. The van der Waals surface area contributed by atoms with Crippen LogP contribution in [0.5, 0.6) is 0 Å². The van der Waals surface area contributed by atoms with Gasteiger partial charge in [-0.1, -0.05) is 6.07 Å². The molecule has 1 aromatic rings. The lowest BCUT2D eigenvalue weighted by Crippen LogP contribution is -2.35. The first kappa shape index (κ1) is 12.5. The van der Waals surface area contributed by atoms with Gasteiger partial charge in [0.2, 0.25) is 5.91 Å². The Balaban J connectivity index is 2.18. The van der Waals surface area contributed by atoms with Gasteiger partial charge < -0.3 is 10.6 Å². The van der Waals surface area contributed by atoms with Crippen molar-refractivity contribution in [2.75, 3.05) is 18.4 Å². The molecule has 2 rings (SSSR count). The van der Waals surface area contributed by atoms with Crippen LogP contribution in [0.2, 0.25) is 0 Å². The lowest BCUT2D eigenvalue weighted by molar-refractivity contribution is -0.123. The smallest absolute Gasteiger partial charge is 0.231 e. The van der Waals surface area contributed by atoms with E-state index in [0.717, 1.165) is 13.0 Å². The summed E-state index contributed by atoms with van der Waals surface area (Å²) in [7, 11) is 0. The summed E-state index contributed by atoms with van der Waals surface area (Å²) >= 11 is 3.23. The molecule has 0 bridgehead atoms. The van der Waals surface area contributed by atoms with Gasteiger partial charge in [0.05, 0.1) is 11.1 Å². The van der Waals surface area contributed by atoms with Crippen molar-refractivity contribution in [3.05, 3.63) is 28.5 Å². The third kappa shape index (κ3) is 2.50. The molecule has 1 aliphatic heterocycles. The van der Waals surface area contributed by atoms with Crippen molar-refractivity contribution in [3.8, 4) is 0 Å². The SMILES string of the molecule is CC1(C(=O)Nc2c(F)cccc2Br)CCNC1. The number of anilines is 1. The second-order valence-electron chi connectivity index (χ2n) is 4.54. The number of hydrogen-bond donors (Lipinski definition) is 2. The highest BCUT2D eigenvalue weighted by Gasteiger charge is 2.36. The zero-order chi connectivity index (χ0) is 12.5. The van der Waals surface area contributed by atoms with Crippen molar-refractivity contribution in [1.29, 1.82) is 0 Å². The molecule has 1 atom stereocenters. The Morgan fingerprint density at radius 1 is 1.59 bits per heavy atom. The topological polar surface area (TPSA) is 41.1 Å². The fraction of sp³-hybridized carbons (Fsp3) is 0.417. The molecule has 0 aromatic heterocycles. The highest BCUT2D eigenvalue weighted by atomic mass is 79.9. The number of benzene rings is 1. The lowest BCUT2D eigenvalue weighted by atomic mass is 9.89. The molecule has 1 aromatic carbocycles. The Morgan fingerprint density at radius 2 is 2.35 bits per heavy atom. The molecule has 17 heavy (non-hydrogen) atoms. The van der Waals surface area contributed by atoms with Gasteiger partial charge in [-0.15, -0.1) is 0 Å². The molecule has 0 saturated carbocycles. The zero-order valence-corrected chi connectivity index (χ0v) is 11.1. The van der Waals surface area contributed by atoms with Crippen molar-refractivity contribution in [1.82, 2.24) is 5.32 Å². The maximum atomic E-state index is 13.6. The van der Waals surface area contributed by atoms with E-state index in [1.54, 1.807) is 12.1 Å². The van der Waals surface area contributed by atoms with E-state index < -0.39 is 11.2 Å². The maximum absolute atomic E-state index is 13.6. The Kier molecular flexibility index (Phi) is 3.49. The molecule has 1 unspecified atom stereocenters. The molecule has 0 spiro atoms. The molecule has 3 nitrogen and oxygen atoms in total. The summed E-state index contributed by atoms with van der Waals surface area (Å²) in [5.74, 6) is -0.574. The second kappa shape index (κ2) is 4.74. The van der Waals surface area contributed by atoms with Crippen LogP contribution >= 0.6 is 15.9 Å². The third-order valence-corrected chi connectivity index (χ3v) is 3.78. The summed E-state index contributed by atoms with van der Waals surface area (Å²) in [4.78, 5) is 12.1. The summed E-state index contributed by atoms with van der Waals surface area (Å²) in [5, 5.41) is 5.80. The van der Waals surface area contributed by atoms with E-state index in [4.69, 9.17) is 0 Å². The molecule has 1 fully saturated rings. The maximum Gasteiger partial charge on any atom is 0.231 e. The van der Waals surface area contributed by atoms with Crippen molar-refractivity contribution in [2.45, 2.75) is 13.3 Å². The zero-order valence-electron chi connectivity index (χ0n) is 9.52. The van der Waals surface area contributed by atoms with Crippen LogP contribution in [-0.4, -0.2) is 19.0 Å². The van der Waals surface area contributed by atoms with Crippen LogP contribution in [-0.2, 0) is 4.79 Å². The Hall–Kier alpha value is -0.940. The number of nitrogens with one attached hydrogen (secondary N) is 2. The quantitative estimate of drug-likeness (QED) is 0.881. The number of amides is 1. The molecular weight excluding hydrogens is 287 g/mol. The minimum atomic E-state index is -0.457. The molecule has 2 N–H and O–H groups in total. The van der Waals surface area contributed by atoms with Gasteiger partial charge in [-0.25, -0.2) is 4.39 Å². The highest BCUT2D eigenvalue weighted by Crippen LogP contribution is 2.30. The van der Waals surface area contributed by atoms with Gasteiger partial charge in [-0.2, -0.15) is 0 Å². The summed E-state index contributed by atoms with van der Waals surface area (Å²) in [6, 6.07) is 4.62. The van der Waals surface area contributed by atoms with Gasteiger partial charge in [-0.3, -0.25) is 4.79 Å². The molecule has 1 aliphatic rings. The highest BCUT2D eigenvalue weighted by molar-refractivity contribution is 9.10. The number of halogens is 2. The first-order valence-corrected chi connectivity index (χ1v) is 6.28. The predicted octanol–water partition coefficient (Wildman–Crippen LogP) is 2.53. The number of hydrogen-bond acceptors (Lipinski definition) is 2. The average molecular weight is 301 g/mol. The predicted molar refractivity (Wildman–Crippen MR) is 68.3 cm³/mol. The van der Waals surface area contributed by atoms with Crippen LogP contribution < -0.4 is 10.6 Å². The number of rotatable bonds is 2. The Bertz CT molecular complexity index is 424. The molecule has 1 amide bonds. The fourth-order valence-electron chi connectivity index (χ4n) is 1.89. The largest absolute Gasteiger partial charge is 0.322 e. The Morgan fingerprint density at radius 3 is 2.94 bits per heavy atom. The van der Waals surface area contributed by atoms with E-state index in [2.05, 4.69) is 26.6 Å². The molecule has 0 radical (unpaired) electrons. The molecule has 92 valence electrons. The summed E-state index contributed by atoms with van der Waals surface area (Å²) in [6.45, 7) is 3.34. The van der Waals surface area contributed by atoms with E-state index >= 15 is 0 Å². The van der Waals surface area contributed by atoms with Gasteiger partial charge in [-0.05, 0) is 48.0 Å². The van der Waals surface area contributed by atoms with Gasteiger partial charge in [0.25, 0.3) is 0 Å². The van der Waals surface area contributed by atoms with E-state index in [9.17, 15) is 9.18 Å². The number of carbonyl (C=O) groups is 1. The molecule has 0 aliphatic carbocycles. The monoisotopic (exact) mass is 300 g/mol. The van der Waals surface area contributed by atoms with E-state index in [-0.39, 0.29) is 11.6 Å². The normalized spacial score (nSPS) is 23.7. The van der Waals surface area contributed by atoms with Crippen LogP contribution in [0, 0.1) is 11.2 Å². The van der Waals surface area contributed by atoms with Crippen molar-refractivity contribution < 1.29 is 9.18 Å². The second-order valence-corrected chi connectivity index (χ2v) is 5.39. The summed E-state index contributed by atoms with van der Waals surface area (Å²) in [6.07, 6.45) is 0.769. The number of carbonyl (C=O) groups excluding carboxylic acids is 1. The van der Waals surface area contributed by atoms with Crippen LogP contribution in [0.25, 0.3) is 0 Å². The van der Waals surface area contributed by atoms with Crippen molar-refractivity contribution >= 4 is 27.5 Å². The summed E-state index contributed by atoms with van der Waals surface area (Å²) < 4.78 is 14.1. The first-order valence-electron chi connectivity index (χ1n) is 5.49. The molecule has 1 saturated heterocycles. The van der Waals surface area contributed by atoms with Crippen LogP contribution in [0.4, 0.5) is 10.1 Å². The summed E-state index contributed by atoms with van der Waals surface area (Å²) in [5.41, 5.74) is -0.243. The standard InChI is InChI=1S/C12H14BrFN2O/c1-12(5-6-15-7-12)11(17)16-10-8(13)3-2-4-9(10)14/h2-4,15H,5-7H2,1H3,(H,16,17). The van der Waals surface area contributed by atoms with Crippen molar-refractivity contribution in [3.63, 3.8) is 0 Å². The van der Waals surface area contributed by atoms with Crippen LogP contribution in [0.1, 0.15) is 13.3 Å². The lowest BCUT2D eigenvalue weighted by Gasteiger charge is -2.22. The minimum Gasteiger partial charge on any atom is -0.322 e.